The molecule has 1 heterocycles. The molecule has 4 rings (SSSR count). The van der Waals surface area contributed by atoms with Gasteiger partial charge in [0.1, 0.15) is 12.4 Å². The molecule has 2 fully saturated rings. The van der Waals surface area contributed by atoms with Gasteiger partial charge in [0, 0.05) is 13.1 Å². The first kappa shape index (κ1) is 20.4. The Balaban J connectivity index is 1.25. The van der Waals surface area contributed by atoms with Gasteiger partial charge >= 0.3 is 0 Å². The maximum atomic E-state index is 12.7. The maximum absolute atomic E-state index is 12.7. The van der Waals surface area contributed by atoms with Crippen molar-refractivity contribution in [2.45, 2.75) is 20.3 Å². The van der Waals surface area contributed by atoms with Crippen molar-refractivity contribution in [3.63, 3.8) is 0 Å². The highest BCUT2D eigenvalue weighted by Crippen LogP contribution is 2.52. The van der Waals surface area contributed by atoms with Crippen LogP contribution in [0.5, 0.6) is 5.75 Å². The predicted octanol–water partition coefficient (Wildman–Crippen LogP) is 1.74. The fraction of sp³-hybridized carbons (Fsp3) is 0.522. The van der Waals surface area contributed by atoms with Gasteiger partial charge in [0.2, 0.25) is 11.8 Å². The van der Waals surface area contributed by atoms with Gasteiger partial charge < -0.3 is 15.4 Å². The van der Waals surface area contributed by atoms with E-state index in [0.717, 1.165) is 24.3 Å². The number of nitrogens with one attached hydrogen (secondary N) is 2. The van der Waals surface area contributed by atoms with Gasteiger partial charge in [0.25, 0.3) is 0 Å². The number of aryl methyl sites for hydroxylation is 1. The lowest BCUT2D eigenvalue weighted by atomic mass is 9.85. The van der Waals surface area contributed by atoms with Gasteiger partial charge in [0.05, 0.1) is 24.9 Å². The molecule has 1 aliphatic heterocycles. The van der Waals surface area contributed by atoms with E-state index in [1.165, 1.54) is 4.90 Å². The van der Waals surface area contributed by atoms with E-state index in [1.807, 2.05) is 38.1 Å². The highest BCUT2D eigenvalue weighted by molar-refractivity contribution is 6.06. The molecule has 1 aromatic rings. The van der Waals surface area contributed by atoms with Gasteiger partial charge in [-0.2, -0.15) is 0 Å². The second-order valence-electron chi connectivity index (χ2n) is 8.18. The van der Waals surface area contributed by atoms with Crippen molar-refractivity contribution < 1.29 is 14.3 Å². The highest BCUT2D eigenvalue weighted by atomic mass is 16.5. The fourth-order valence-electron chi connectivity index (χ4n) is 4.83. The lowest BCUT2D eigenvalue weighted by Crippen LogP contribution is -2.40. The summed E-state index contributed by atoms with van der Waals surface area (Å²) in [5.74, 6) is 1.70. The Hall–Kier alpha value is -2.83. The number of hydrogen-bond donors (Lipinski definition) is 2. The summed E-state index contributed by atoms with van der Waals surface area (Å²) in [6.07, 6.45) is 5.19. The SMILES string of the molecule is CCNC(=NCCN1C(=O)C2C3C=CC(C3)C2C1=O)NCCOc1cccc(C)c1. The van der Waals surface area contributed by atoms with Crippen LogP contribution >= 0.6 is 0 Å². The summed E-state index contributed by atoms with van der Waals surface area (Å²) in [5, 5.41) is 6.42. The van der Waals surface area contributed by atoms with E-state index >= 15 is 0 Å². The Morgan fingerprint density at radius 2 is 1.90 bits per heavy atom. The maximum Gasteiger partial charge on any atom is 0.233 e. The van der Waals surface area contributed by atoms with Crippen LogP contribution in [0.3, 0.4) is 0 Å². The molecule has 4 unspecified atom stereocenters. The fourth-order valence-corrected chi connectivity index (χ4v) is 4.83. The summed E-state index contributed by atoms with van der Waals surface area (Å²) in [7, 11) is 0. The minimum atomic E-state index is -0.137. The van der Waals surface area contributed by atoms with Crippen molar-refractivity contribution >= 4 is 17.8 Å². The predicted molar refractivity (Wildman–Crippen MR) is 115 cm³/mol. The van der Waals surface area contributed by atoms with Gasteiger partial charge in [-0.05, 0) is 49.8 Å². The number of aliphatic imine (C=N–C) groups is 1. The molecule has 3 aliphatic rings. The normalized spacial score (nSPS) is 27.0. The Bertz CT molecular complexity index is 836. The number of likely N-dealkylation sites (tertiary alicyclic amines) is 1. The average molecular weight is 411 g/mol. The quantitative estimate of drug-likeness (QED) is 0.224. The van der Waals surface area contributed by atoms with E-state index in [9.17, 15) is 9.59 Å². The van der Waals surface area contributed by atoms with Gasteiger partial charge in [-0.1, -0.05) is 24.3 Å². The number of guanidine groups is 1. The number of benzene rings is 1. The average Bonchev–Trinajstić information content (AvgIpc) is 3.41. The van der Waals surface area contributed by atoms with Crippen LogP contribution in [-0.4, -0.2) is 55.5 Å². The Morgan fingerprint density at radius 3 is 2.57 bits per heavy atom. The number of fused-ring (bicyclic) bond motifs is 5. The molecule has 160 valence electrons. The van der Waals surface area contributed by atoms with E-state index in [0.29, 0.717) is 32.2 Å². The number of carbonyl (C=O) groups is 2. The standard InChI is InChI=1S/C23H30N4O3/c1-3-24-23(26-10-12-30-18-6-4-5-15(2)13-18)25-9-11-27-21(28)19-16-7-8-17(14-16)20(19)22(27)29/h4-8,13,16-17,19-20H,3,9-12,14H2,1-2H3,(H2,24,25,26). The Morgan fingerprint density at radius 1 is 1.17 bits per heavy atom. The second-order valence-corrected chi connectivity index (χ2v) is 8.18. The molecule has 2 bridgehead atoms. The third-order valence-corrected chi connectivity index (χ3v) is 6.15. The van der Waals surface area contributed by atoms with E-state index in [4.69, 9.17) is 4.74 Å². The first-order valence-electron chi connectivity index (χ1n) is 10.8. The molecule has 0 spiro atoms. The zero-order chi connectivity index (χ0) is 21.1. The van der Waals surface area contributed by atoms with Gasteiger partial charge in [-0.15, -0.1) is 0 Å². The Kier molecular flexibility index (Phi) is 6.06. The smallest absolute Gasteiger partial charge is 0.233 e. The topological polar surface area (TPSA) is 83.0 Å². The van der Waals surface area contributed by atoms with Crippen molar-refractivity contribution in [1.29, 1.82) is 0 Å². The summed E-state index contributed by atoms with van der Waals surface area (Å²) < 4.78 is 5.75. The number of amides is 2. The molecule has 0 radical (unpaired) electrons. The van der Waals surface area contributed by atoms with Crippen LogP contribution in [-0.2, 0) is 9.59 Å². The lowest BCUT2D eigenvalue weighted by Gasteiger charge is -2.17. The number of allylic oxidation sites excluding steroid dienone is 2. The van der Waals surface area contributed by atoms with Crippen molar-refractivity contribution in [1.82, 2.24) is 15.5 Å². The third-order valence-electron chi connectivity index (χ3n) is 6.15. The molecular formula is C23H30N4O3. The van der Waals surface area contributed by atoms with E-state index < -0.39 is 0 Å². The molecule has 7 heteroatoms. The minimum Gasteiger partial charge on any atom is -0.492 e. The lowest BCUT2D eigenvalue weighted by molar-refractivity contribution is -0.140. The van der Waals surface area contributed by atoms with Gasteiger partial charge in [-0.3, -0.25) is 19.5 Å². The van der Waals surface area contributed by atoms with E-state index in [1.54, 1.807) is 0 Å². The van der Waals surface area contributed by atoms with E-state index in [2.05, 4.69) is 27.8 Å². The molecule has 30 heavy (non-hydrogen) atoms. The van der Waals surface area contributed by atoms with Crippen molar-refractivity contribution in [2.75, 3.05) is 32.8 Å². The number of hydrogen-bond acceptors (Lipinski definition) is 4. The first-order valence-corrected chi connectivity index (χ1v) is 10.8. The molecular weight excluding hydrogens is 380 g/mol. The summed E-state index contributed by atoms with van der Waals surface area (Å²) in [6.45, 7) is 6.58. The molecule has 2 amide bonds. The van der Waals surface area contributed by atoms with Gasteiger partial charge in [-0.25, -0.2) is 0 Å². The largest absolute Gasteiger partial charge is 0.492 e. The van der Waals surface area contributed by atoms with Crippen molar-refractivity contribution in [2.24, 2.45) is 28.7 Å². The zero-order valence-electron chi connectivity index (χ0n) is 17.6. The van der Waals surface area contributed by atoms with E-state index in [-0.39, 0.29) is 35.5 Å². The molecule has 1 saturated heterocycles. The molecule has 2 N–H and O–H groups in total. The van der Waals surface area contributed by atoms with Gasteiger partial charge in [0.15, 0.2) is 5.96 Å². The third kappa shape index (κ3) is 4.06. The van der Waals surface area contributed by atoms with Crippen LogP contribution in [0, 0.1) is 30.6 Å². The van der Waals surface area contributed by atoms with Crippen LogP contribution < -0.4 is 15.4 Å². The summed E-state index contributed by atoms with van der Waals surface area (Å²) >= 11 is 0. The second kappa shape index (κ2) is 8.90. The summed E-state index contributed by atoms with van der Waals surface area (Å²) in [4.78, 5) is 31.4. The number of nitrogens with zero attached hydrogens (tertiary/aromatic N) is 2. The minimum absolute atomic E-state index is 0.0124. The van der Waals surface area contributed by atoms with Crippen molar-refractivity contribution in [3.8, 4) is 5.75 Å². The van der Waals surface area contributed by atoms with Crippen LogP contribution in [0.2, 0.25) is 0 Å². The van der Waals surface area contributed by atoms with Crippen LogP contribution in [0.15, 0.2) is 41.4 Å². The number of rotatable bonds is 8. The van der Waals surface area contributed by atoms with Crippen LogP contribution in [0.4, 0.5) is 0 Å². The van der Waals surface area contributed by atoms with Crippen molar-refractivity contribution in [3.05, 3.63) is 42.0 Å². The molecule has 4 atom stereocenters. The number of carbonyl (C=O) groups excluding carboxylic acids is 2. The first-order chi connectivity index (χ1) is 14.6. The zero-order valence-corrected chi connectivity index (χ0v) is 17.6. The number of imide groups is 1. The molecule has 1 aromatic carbocycles. The molecule has 1 saturated carbocycles. The summed E-state index contributed by atoms with van der Waals surface area (Å²) in [5.41, 5.74) is 1.16. The highest BCUT2D eigenvalue weighted by Gasteiger charge is 2.58. The van der Waals surface area contributed by atoms with Crippen LogP contribution in [0.25, 0.3) is 0 Å². The monoisotopic (exact) mass is 410 g/mol. The molecule has 2 aliphatic carbocycles. The molecule has 0 aromatic heterocycles. The van der Waals surface area contributed by atoms with Crippen LogP contribution in [0.1, 0.15) is 18.9 Å². The Labute approximate surface area is 177 Å². The molecule has 7 nitrogen and oxygen atoms in total. The number of ether oxygens (including phenoxy) is 1. The summed E-state index contributed by atoms with van der Waals surface area (Å²) in [6, 6.07) is 7.94.